The molecule has 0 amide bonds. The molecule has 1 heterocycles. The highest BCUT2D eigenvalue weighted by Gasteiger charge is 2.21. The van der Waals surface area contributed by atoms with E-state index in [4.69, 9.17) is 31.6 Å². The minimum Gasteiger partial charge on any atom is -0.462 e. The molecule has 3 N–H and O–H groups in total. The van der Waals surface area contributed by atoms with E-state index in [1.807, 2.05) is 0 Å². The maximum atomic E-state index is 12.0. The Hall–Kier alpha value is -1.53. The molecule has 7 heteroatoms. The summed E-state index contributed by atoms with van der Waals surface area (Å²) < 4.78 is 10.8. The molecule has 5 nitrogen and oxygen atoms in total. The first kappa shape index (κ1) is 19.5. The number of halogens is 2. The molecule has 2 aromatic rings. The highest BCUT2D eigenvalue weighted by Crippen LogP contribution is 2.28. The molecule has 0 aliphatic heterocycles. The van der Waals surface area contributed by atoms with E-state index < -0.39 is 12.0 Å². The molecule has 0 saturated heterocycles. The number of benzene rings is 1. The zero-order valence-corrected chi connectivity index (χ0v) is 14.2. The monoisotopic (exact) mass is 359 g/mol. The summed E-state index contributed by atoms with van der Waals surface area (Å²) in [6.07, 6.45) is 0.248. The third kappa shape index (κ3) is 4.97. The highest BCUT2D eigenvalue weighted by atomic mass is 35.5. The molecule has 1 atom stereocenters. The van der Waals surface area contributed by atoms with E-state index in [9.17, 15) is 4.79 Å². The van der Waals surface area contributed by atoms with Crippen molar-refractivity contribution in [2.45, 2.75) is 19.4 Å². The summed E-state index contributed by atoms with van der Waals surface area (Å²) in [4.78, 5) is 12.0. The lowest BCUT2D eigenvalue weighted by molar-refractivity contribution is 0.0523. The fourth-order valence-corrected chi connectivity index (χ4v) is 2.15. The molecule has 0 aliphatic rings. The average molecular weight is 360 g/mol. The van der Waals surface area contributed by atoms with Crippen molar-refractivity contribution in [2.75, 3.05) is 13.2 Å². The normalized spacial score (nSPS) is 11.7. The second kappa shape index (κ2) is 8.93. The van der Waals surface area contributed by atoms with Gasteiger partial charge in [0, 0.05) is 23.0 Å². The van der Waals surface area contributed by atoms with Crippen LogP contribution in [0.3, 0.4) is 0 Å². The van der Waals surface area contributed by atoms with Crippen LogP contribution in [0.2, 0.25) is 5.02 Å². The lowest BCUT2D eigenvalue weighted by Crippen LogP contribution is -2.27. The molecule has 1 aromatic carbocycles. The summed E-state index contributed by atoms with van der Waals surface area (Å²) >= 11 is 5.87. The van der Waals surface area contributed by atoms with Crippen molar-refractivity contribution < 1.29 is 19.1 Å². The van der Waals surface area contributed by atoms with E-state index in [1.165, 1.54) is 0 Å². The molecule has 0 saturated carbocycles. The summed E-state index contributed by atoms with van der Waals surface area (Å²) in [5, 5.41) is 9.70. The Labute approximate surface area is 145 Å². The van der Waals surface area contributed by atoms with Crippen LogP contribution in [0.4, 0.5) is 0 Å². The molecular weight excluding hydrogens is 341 g/mol. The van der Waals surface area contributed by atoms with Gasteiger partial charge in [-0.05, 0) is 37.3 Å². The first-order valence-corrected chi connectivity index (χ1v) is 7.35. The van der Waals surface area contributed by atoms with E-state index in [0.717, 1.165) is 5.56 Å². The minimum absolute atomic E-state index is 0. The maximum absolute atomic E-state index is 12.0. The van der Waals surface area contributed by atoms with Crippen LogP contribution < -0.4 is 5.73 Å². The van der Waals surface area contributed by atoms with Gasteiger partial charge < -0.3 is 20.0 Å². The lowest BCUT2D eigenvalue weighted by Gasteiger charge is -2.07. The quantitative estimate of drug-likeness (QED) is 0.774. The van der Waals surface area contributed by atoms with Gasteiger partial charge in [0.2, 0.25) is 0 Å². The number of aliphatic hydroxyl groups excluding tert-OH is 1. The fourth-order valence-electron chi connectivity index (χ4n) is 2.02. The zero-order chi connectivity index (χ0) is 16.1. The molecule has 0 bridgehead atoms. The van der Waals surface area contributed by atoms with Crippen LogP contribution in [0, 0.1) is 0 Å². The number of furan rings is 1. The third-order valence-corrected chi connectivity index (χ3v) is 3.37. The first-order chi connectivity index (χ1) is 10.5. The van der Waals surface area contributed by atoms with Gasteiger partial charge in [-0.15, -0.1) is 12.4 Å². The number of aliphatic hydroxyl groups is 1. The molecule has 0 spiro atoms. The Morgan fingerprint density at radius 1 is 1.39 bits per heavy atom. The number of hydrogen-bond acceptors (Lipinski definition) is 5. The summed E-state index contributed by atoms with van der Waals surface area (Å²) in [6.45, 7) is 1.81. The number of hydrogen-bond donors (Lipinski definition) is 2. The molecule has 2 rings (SSSR count). The van der Waals surface area contributed by atoms with E-state index in [-0.39, 0.29) is 32.0 Å². The van der Waals surface area contributed by atoms with Crippen LogP contribution in [0.25, 0.3) is 11.3 Å². The van der Waals surface area contributed by atoms with E-state index in [0.29, 0.717) is 22.1 Å². The third-order valence-electron chi connectivity index (χ3n) is 3.12. The summed E-state index contributed by atoms with van der Waals surface area (Å²) in [6, 6.07) is 8.20. The van der Waals surface area contributed by atoms with Crippen molar-refractivity contribution in [3.63, 3.8) is 0 Å². The van der Waals surface area contributed by atoms with Gasteiger partial charge in [0.15, 0.2) is 0 Å². The van der Waals surface area contributed by atoms with Gasteiger partial charge in [-0.1, -0.05) is 11.6 Å². The number of esters is 1. The molecule has 0 fully saturated rings. The molecule has 1 unspecified atom stereocenters. The van der Waals surface area contributed by atoms with E-state index in [2.05, 4.69) is 0 Å². The molecular formula is C16H19Cl2NO4. The predicted molar refractivity (Wildman–Crippen MR) is 91.1 cm³/mol. The Morgan fingerprint density at radius 2 is 2.04 bits per heavy atom. The van der Waals surface area contributed by atoms with Crippen molar-refractivity contribution in [1.82, 2.24) is 0 Å². The van der Waals surface area contributed by atoms with Gasteiger partial charge in [-0.25, -0.2) is 4.79 Å². The number of nitrogens with two attached hydrogens (primary N) is 1. The highest BCUT2D eigenvalue weighted by molar-refractivity contribution is 6.30. The second-order valence-corrected chi connectivity index (χ2v) is 5.26. The van der Waals surface area contributed by atoms with Crippen molar-refractivity contribution in [1.29, 1.82) is 0 Å². The average Bonchev–Trinajstić information content (AvgIpc) is 2.92. The van der Waals surface area contributed by atoms with Crippen LogP contribution >= 0.6 is 24.0 Å². The van der Waals surface area contributed by atoms with Gasteiger partial charge in [0.25, 0.3) is 0 Å². The van der Waals surface area contributed by atoms with Gasteiger partial charge >= 0.3 is 5.97 Å². The smallest absolute Gasteiger partial charge is 0.341 e. The van der Waals surface area contributed by atoms with Gasteiger partial charge in [-0.3, -0.25) is 0 Å². The van der Waals surface area contributed by atoms with Crippen LogP contribution in [-0.4, -0.2) is 30.3 Å². The topological polar surface area (TPSA) is 85.7 Å². The SMILES string of the molecule is CCOC(=O)c1cc(-c2ccc(Cl)cc2)oc1CC(N)CO.Cl. The van der Waals surface area contributed by atoms with Crippen molar-refractivity contribution in [2.24, 2.45) is 5.73 Å². The molecule has 1 aromatic heterocycles. The fraction of sp³-hybridized carbons (Fsp3) is 0.312. The standard InChI is InChI=1S/C16H18ClNO4.ClH/c1-2-21-16(20)13-8-14(10-3-5-11(17)6-4-10)22-15(13)7-12(18)9-19;/h3-6,8,12,19H,2,7,9,18H2,1H3;1H. The molecule has 23 heavy (non-hydrogen) atoms. The van der Waals surface area contributed by atoms with Crippen LogP contribution in [0.1, 0.15) is 23.0 Å². The number of carbonyl (C=O) groups excluding carboxylic acids is 1. The molecule has 126 valence electrons. The zero-order valence-electron chi connectivity index (χ0n) is 12.6. The second-order valence-electron chi connectivity index (χ2n) is 4.82. The van der Waals surface area contributed by atoms with E-state index >= 15 is 0 Å². The first-order valence-electron chi connectivity index (χ1n) is 6.97. The predicted octanol–water partition coefficient (Wildman–Crippen LogP) is 3.06. The van der Waals surface area contributed by atoms with E-state index in [1.54, 1.807) is 37.3 Å². The molecule has 0 radical (unpaired) electrons. The van der Waals surface area contributed by atoms with Gasteiger partial charge in [0.05, 0.1) is 13.2 Å². The van der Waals surface area contributed by atoms with Crippen molar-refractivity contribution in [3.05, 3.63) is 46.7 Å². The van der Waals surface area contributed by atoms with Gasteiger partial charge in [-0.2, -0.15) is 0 Å². The Balaban J connectivity index is 0.00000264. The number of ether oxygens (including phenoxy) is 1. The molecule has 0 aliphatic carbocycles. The van der Waals surface area contributed by atoms with Crippen LogP contribution in [0.5, 0.6) is 0 Å². The Kier molecular flexibility index (Phi) is 7.58. The van der Waals surface area contributed by atoms with Crippen LogP contribution in [-0.2, 0) is 11.2 Å². The summed E-state index contributed by atoms with van der Waals surface area (Å²) in [5.74, 6) is 0.469. The Bertz CT molecular complexity index is 640. The lowest BCUT2D eigenvalue weighted by atomic mass is 10.1. The minimum atomic E-state index is -0.502. The van der Waals surface area contributed by atoms with Crippen molar-refractivity contribution in [3.8, 4) is 11.3 Å². The summed E-state index contributed by atoms with van der Waals surface area (Å²) in [5.41, 5.74) is 6.86. The number of carbonyl (C=O) groups is 1. The number of rotatable bonds is 6. The maximum Gasteiger partial charge on any atom is 0.341 e. The summed E-state index contributed by atoms with van der Waals surface area (Å²) in [7, 11) is 0. The van der Waals surface area contributed by atoms with Crippen molar-refractivity contribution >= 4 is 30.0 Å². The van der Waals surface area contributed by atoms with Gasteiger partial charge in [0.1, 0.15) is 17.1 Å². The largest absolute Gasteiger partial charge is 0.462 e. The van der Waals surface area contributed by atoms with Crippen LogP contribution in [0.15, 0.2) is 34.7 Å². The Morgan fingerprint density at radius 3 is 2.61 bits per heavy atom.